The summed E-state index contributed by atoms with van der Waals surface area (Å²) < 4.78 is 45.5. The van der Waals surface area contributed by atoms with Crippen LogP contribution in [0.5, 0.6) is 5.75 Å². The van der Waals surface area contributed by atoms with Gasteiger partial charge in [-0.25, -0.2) is 12.8 Å². The van der Waals surface area contributed by atoms with E-state index in [-0.39, 0.29) is 16.3 Å². The number of benzene rings is 2. The van der Waals surface area contributed by atoms with Gasteiger partial charge in [0.1, 0.15) is 16.5 Å². The molecule has 0 saturated carbocycles. The first kappa shape index (κ1) is 15.6. The molecule has 0 aliphatic rings. The van der Waals surface area contributed by atoms with E-state index in [0.717, 1.165) is 12.1 Å². The summed E-state index contributed by atoms with van der Waals surface area (Å²) in [5.41, 5.74) is 6.20. The normalized spacial score (nSPS) is 11.2. The van der Waals surface area contributed by atoms with Gasteiger partial charge in [0.25, 0.3) is 10.0 Å². The van der Waals surface area contributed by atoms with Gasteiger partial charge in [0.15, 0.2) is 0 Å². The van der Waals surface area contributed by atoms with Gasteiger partial charge in [0, 0.05) is 16.2 Å². The Balaban J connectivity index is 2.43. The zero-order valence-electron chi connectivity index (χ0n) is 10.9. The smallest absolute Gasteiger partial charge is 0.265 e. The molecule has 2 aromatic carbocycles. The maximum Gasteiger partial charge on any atom is 0.265 e. The number of nitrogen functional groups attached to an aromatic ring is 1. The van der Waals surface area contributed by atoms with Crippen molar-refractivity contribution >= 4 is 37.3 Å². The van der Waals surface area contributed by atoms with Gasteiger partial charge >= 0.3 is 0 Å². The van der Waals surface area contributed by atoms with Gasteiger partial charge < -0.3 is 10.5 Å². The van der Waals surface area contributed by atoms with Gasteiger partial charge in [-0.05, 0) is 46.3 Å². The third-order valence-corrected chi connectivity index (χ3v) is 4.71. The first-order valence-corrected chi connectivity index (χ1v) is 8.02. The molecule has 21 heavy (non-hydrogen) atoms. The minimum atomic E-state index is -3.89. The summed E-state index contributed by atoms with van der Waals surface area (Å²) in [4.78, 5) is -0.0598. The second-order valence-corrected chi connectivity index (χ2v) is 6.65. The maximum absolute atomic E-state index is 13.0. The van der Waals surface area contributed by atoms with Crippen molar-refractivity contribution < 1.29 is 17.5 Å². The lowest BCUT2D eigenvalue weighted by Gasteiger charge is -2.13. The topological polar surface area (TPSA) is 81.4 Å². The van der Waals surface area contributed by atoms with Crippen molar-refractivity contribution in [3.05, 3.63) is 46.7 Å². The van der Waals surface area contributed by atoms with Gasteiger partial charge in [-0.3, -0.25) is 4.72 Å². The van der Waals surface area contributed by atoms with E-state index < -0.39 is 15.8 Å². The highest BCUT2D eigenvalue weighted by atomic mass is 79.9. The summed E-state index contributed by atoms with van der Waals surface area (Å²) in [6.45, 7) is 0. The van der Waals surface area contributed by atoms with Gasteiger partial charge in [0.05, 0.1) is 12.8 Å². The summed E-state index contributed by atoms with van der Waals surface area (Å²) >= 11 is 3.10. The van der Waals surface area contributed by atoms with Crippen LogP contribution < -0.4 is 15.2 Å². The van der Waals surface area contributed by atoms with Crippen LogP contribution in [-0.2, 0) is 10.0 Å². The van der Waals surface area contributed by atoms with Crippen LogP contribution in [0.4, 0.5) is 15.8 Å². The molecule has 0 unspecified atom stereocenters. The standard InChI is InChI=1S/C13H12BrFN2O3S/c1-20-12-7-9(16)3-5-13(12)21(18,19)17-11-4-2-8(15)6-10(11)14/h2-7,17H,16H2,1H3. The fraction of sp³-hybridized carbons (Fsp3) is 0.0769. The van der Waals surface area contributed by atoms with Gasteiger partial charge in [-0.2, -0.15) is 0 Å². The summed E-state index contributed by atoms with van der Waals surface area (Å²) in [6, 6.07) is 7.85. The molecule has 0 aliphatic heterocycles. The van der Waals surface area contributed by atoms with Crippen molar-refractivity contribution in [3.63, 3.8) is 0 Å². The summed E-state index contributed by atoms with van der Waals surface area (Å²) in [7, 11) is -2.54. The van der Waals surface area contributed by atoms with Crippen LogP contribution in [0.2, 0.25) is 0 Å². The van der Waals surface area contributed by atoms with Crippen molar-refractivity contribution in [2.24, 2.45) is 0 Å². The molecule has 112 valence electrons. The predicted octanol–water partition coefficient (Wildman–Crippen LogP) is 2.98. The first-order valence-electron chi connectivity index (χ1n) is 5.75. The first-order chi connectivity index (χ1) is 9.83. The summed E-state index contributed by atoms with van der Waals surface area (Å²) in [6.07, 6.45) is 0. The Kier molecular flexibility index (Phi) is 4.38. The van der Waals surface area contributed by atoms with Crippen LogP contribution in [0.15, 0.2) is 45.8 Å². The average molecular weight is 375 g/mol. The molecule has 5 nitrogen and oxygen atoms in total. The van der Waals surface area contributed by atoms with Crippen LogP contribution in [0.1, 0.15) is 0 Å². The zero-order chi connectivity index (χ0) is 15.6. The number of nitrogens with two attached hydrogens (primary N) is 1. The van der Waals surface area contributed by atoms with Crippen LogP contribution in [0.3, 0.4) is 0 Å². The molecule has 2 rings (SSSR count). The largest absolute Gasteiger partial charge is 0.495 e. The molecule has 0 heterocycles. The molecule has 0 saturated heterocycles. The van der Waals surface area contributed by atoms with Crippen LogP contribution >= 0.6 is 15.9 Å². The second-order valence-electron chi connectivity index (χ2n) is 4.14. The van der Waals surface area contributed by atoms with Crippen molar-refractivity contribution in [2.75, 3.05) is 17.6 Å². The van der Waals surface area contributed by atoms with Crippen LogP contribution in [0, 0.1) is 5.82 Å². The highest BCUT2D eigenvalue weighted by Crippen LogP contribution is 2.30. The summed E-state index contributed by atoms with van der Waals surface area (Å²) in [5, 5.41) is 0. The fourth-order valence-corrected chi connectivity index (χ4v) is 3.49. The second kappa shape index (κ2) is 5.90. The number of anilines is 2. The number of hydrogen-bond acceptors (Lipinski definition) is 4. The van der Waals surface area contributed by atoms with E-state index in [1.807, 2.05) is 0 Å². The predicted molar refractivity (Wildman–Crippen MR) is 82.3 cm³/mol. The number of sulfonamides is 1. The molecule has 0 amide bonds. The van der Waals surface area contributed by atoms with Crippen molar-refractivity contribution in [2.45, 2.75) is 4.90 Å². The molecular formula is C13H12BrFN2O3S. The van der Waals surface area contributed by atoms with E-state index in [1.165, 1.54) is 31.4 Å². The number of methoxy groups -OCH3 is 1. The van der Waals surface area contributed by atoms with E-state index in [0.29, 0.717) is 10.2 Å². The van der Waals surface area contributed by atoms with E-state index in [2.05, 4.69) is 20.7 Å². The lowest BCUT2D eigenvalue weighted by Crippen LogP contribution is -2.14. The molecule has 8 heteroatoms. The van der Waals surface area contributed by atoms with Crippen molar-refractivity contribution in [1.29, 1.82) is 0 Å². The lowest BCUT2D eigenvalue weighted by molar-refractivity contribution is 0.403. The zero-order valence-corrected chi connectivity index (χ0v) is 13.3. The highest BCUT2D eigenvalue weighted by molar-refractivity contribution is 9.10. The van der Waals surface area contributed by atoms with Gasteiger partial charge in [0.2, 0.25) is 0 Å². The van der Waals surface area contributed by atoms with Crippen molar-refractivity contribution in [3.8, 4) is 5.75 Å². The maximum atomic E-state index is 13.0. The molecule has 0 fully saturated rings. The van der Waals surface area contributed by atoms with Crippen LogP contribution in [0.25, 0.3) is 0 Å². The molecule has 2 aromatic rings. The van der Waals surface area contributed by atoms with Gasteiger partial charge in [-0.1, -0.05) is 0 Å². The van der Waals surface area contributed by atoms with E-state index >= 15 is 0 Å². The lowest BCUT2D eigenvalue weighted by atomic mass is 10.3. The fourth-order valence-electron chi connectivity index (χ4n) is 1.68. The Hall–Kier alpha value is -1.80. The van der Waals surface area contributed by atoms with E-state index in [4.69, 9.17) is 10.5 Å². The molecule has 0 radical (unpaired) electrons. The Bertz CT molecular complexity index is 781. The van der Waals surface area contributed by atoms with Gasteiger partial charge in [-0.15, -0.1) is 0 Å². The number of halogens is 2. The Labute approximate surface area is 130 Å². The number of rotatable bonds is 4. The third kappa shape index (κ3) is 3.45. The summed E-state index contributed by atoms with van der Waals surface area (Å²) in [5.74, 6) is -0.351. The average Bonchev–Trinajstić information content (AvgIpc) is 2.41. The molecule has 0 bridgehead atoms. The molecular weight excluding hydrogens is 363 g/mol. The van der Waals surface area contributed by atoms with E-state index in [9.17, 15) is 12.8 Å². The molecule has 0 aliphatic carbocycles. The van der Waals surface area contributed by atoms with Crippen molar-refractivity contribution in [1.82, 2.24) is 0 Å². The minimum absolute atomic E-state index is 0.0598. The molecule has 3 N–H and O–H groups in total. The van der Waals surface area contributed by atoms with Crippen LogP contribution in [-0.4, -0.2) is 15.5 Å². The minimum Gasteiger partial charge on any atom is -0.495 e. The Morgan fingerprint density at radius 3 is 2.57 bits per heavy atom. The third-order valence-electron chi connectivity index (χ3n) is 2.65. The molecule has 0 atom stereocenters. The Morgan fingerprint density at radius 2 is 1.95 bits per heavy atom. The number of hydrogen-bond donors (Lipinski definition) is 2. The molecule has 0 aromatic heterocycles. The number of ether oxygens (including phenoxy) is 1. The van der Waals surface area contributed by atoms with E-state index in [1.54, 1.807) is 0 Å². The quantitative estimate of drug-likeness (QED) is 0.806. The monoisotopic (exact) mass is 374 g/mol. The molecule has 0 spiro atoms. The number of nitrogens with one attached hydrogen (secondary N) is 1. The SMILES string of the molecule is COc1cc(N)ccc1S(=O)(=O)Nc1ccc(F)cc1Br. The Morgan fingerprint density at radius 1 is 1.24 bits per heavy atom. The highest BCUT2D eigenvalue weighted by Gasteiger charge is 2.20.